The Morgan fingerprint density at radius 2 is 2.19 bits per heavy atom. The molecule has 1 aliphatic heterocycles. The van der Waals surface area contributed by atoms with Gasteiger partial charge < -0.3 is 15.2 Å². The zero-order chi connectivity index (χ0) is 12.0. The number of aliphatic hydroxyl groups is 1. The number of carbonyl (C=O) groups excluding carboxylic acids is 1. The minimum absolute atomic E-state index is 0.00958. The molecule has 5 heteroatoms. The van der Waals surface area contributed by atoms with Crippen molar-refractivity contribution >= 4 is 17.7 Å². The van der Waals surface area contributed by atoms with E-state index >= 15 is 0 Å². The highest BCUT2D eigenvalue weighted by atomic mass is 32.2. The lowest BCUT2D eigenvalue weighted by molar-refractivity contribution is -0.128. The van der Waals surface area contributed by atoms with Gasteiger partial charge in [-0.3, -0.25) is 4.79 Å². The molecule has 0 bridgehead atoms. The zero-order valence-corrected chi connectivity index (χ0v) is 10.8. The first-order valence-corrected chi connectivity index (χ1v) is 6.99. The molecule has 1 heterocycles. The number of nitrogens with one attached hydrogen (secondary N) is 1. The van der Waals surface area contributed by atoms with E-state index in [9.17, 15) is 4.79 Å². The lowest BCUT2D eigenvalue weighted by Crippen LogP contribution is -2.44. The van der Waals surface area contributed by atoms with Gasteiger partial charge in [-0.05, 0) is 26.0 Å². The Morgan fingerprint density at radius 3 is 2.69 bits per heavy atom. The van der Waals surface area contributed by atoms with Crippen LogP contribution in [0.5, 0.6) is 0 Å². The highest BCUT2D eigenvalue weighted by Gasteiger charge is 2.24. The van der Waals surface area contributed by atoms with Crippen LogP contribution < -0.4 is 5.32 Å². The van der Waals surface area contributed by atoms with Gasteiger partial charge in [0, 0.05) is 30.4 Å². The molecular weight excluding hydrogens is 226 g/mol. The summed E-state index contributed by atoms with van der Waals surface area (Å²) in [4.78, 5) is 11.9. The molecule has 0 aromatic carbocycles. The topological polar surface area (TPSA) is 58.6 Å². The van der Waals surface area contributed by atoms with Gasteiger partial charge in [-0.15, -0.1) is 0 Å². The van der Waals surface area contributed by atoms with Gasteiger partial charge in [-0.2, -0.15) is 11.8 Å². The van der Waals surface area contributed by atoms with E-state index in [2.05, 4.69) is 5.32 Å². The van der Waals surface area contributed by atoms with Crippen LogP contribution in [0, 0.1) is 5.92 Å². The van der Waals surface area contributed by atoms with Crippen LogP contribution in [0.3, 0.4) is 0 Å². The first kappa shape index (κ1) is 13.8. The van der Waals surface area contributed by atoms with Crippen LogP contribution in [-0.2, 0) is 9.53 Å². The van der Waals surface area contributed by atoms with Crippen molar-refractivity contribution in [1.82, 2.24) is 5.32 Å². The fourth-order valence-electron chi connectivity index (χ4n) is 1.83. The third kappa shape index (κ3) is 3.96. The van der Waals surface area contributed by atoms with Gasteiger partial charge in [-0.1, -0.05) is 0 Å². The molecule has 1 amide bonds. The minimum Gasteiger partial charge on any atom is -0.395 e. The predicted molar refractivity (Wildman–Crippen MR) is 65.5 cm³/mol. The van der Waals surface area contributed by atoms with E-state index in [1.54, 1.807) is 11.8 Å². The SMILES string of the molecule is CSC(CO)C(C)NC(=O)C1CCOCC1. The van der Waals surface area contributed by atoms with Gasteiger partial charge >= 0.3 is 0 Å². The van der Waals surface area contributed by atoms with Crippen LogP contribution >= 0.6 is 11.8 Å². The highest BCUT2D eigenvalue weighted by Crippen LogP contribution is 2.16. The second-order valence-corrected chi connectivity index (χ2v) is 5.22. The molecule has 2 unspecified atom stereocenters. The summed E-state index contributed by atoms with van der Waals surface area (Å²) in [6.45, 7) is 3.39. The van der Waals surface area contributed by atoms with Gasteiger partial charge in [0.15, 0.2) is 0 Å². The number of hydrogen-bond acceptors (Lipinski definition) is 4. The second kappa shape index (κ2) is 7.14. The maximum atomic E-state index is 11.9. The lowest BCUT2D eigenvalue weighted by Gasteiger charge is -2.26. The average molecular weight is 247 g/mol. The zero-order valence-electron chi connectivity index (χ0n) is 9.94. The maximum absolute atomic E-state index is 11.9. The van der Waals surface area contributed by atoms with E-state index in [0.29, 0.717) is 13.2 Å². The summed E-state index contributed by atoms with van der Waals surface area (Å²) in [5.41, 5.74) is 0. The van der Waals surface area contributed by atoms with E-state index in [1.807, 2.05) is 13.2 Å². The van der Waals surface area contributed by atoms with E-state index in [0.717, 1.165) is 12.8 Å². The van der Waals surface area contributed by atoms with Gasteiger partial charge in [0.2, 0.25) is 5.91 Å². The molecule has 16 heavy (non-hydrogen) atoms. The third-order valence-corrected chi connectivity index (χ3v) is 4.17. The summed E-state index contributed by atoms with van der Waals surface area (Å²) in [6, 6.07) is 0.00958. The molecule has 0 aromatic rings. The van der Waals surface area contributed by atoms with Crippen molar-refractivity contribution < 1.29 is 14.6 Å². The van der Waals surface area contributed by atoms with Crippen molar-refractivity contribution in [2.24, 2.45) is 5.92 Å². The number of aliphatic hydroxyl groups excluding tert-OH is 1. The van der Waals surface area contributed by atoms with Crippen LogP contribution in [0.4, 0.5) is 0 Å². The fraction of sp³-hybridized carbons (Fsp3) is 0.909. The maximum Gasteiger partial charge on any atom is 0.223 e. The monoisotopic (exact) mass is 247 g/mol. The Bertz CT molecular complexity index is 215. The number of amides is 1. The number of rotatable bonds is 5. The molecule has 1 fully saturated rings. The summed E-state index contributed by atoms with van der Waals surface area (Å²) >= 11 is 1.58. The summed E-state index contributed by atoms with van der Waals surface area (Å²) in [7, 11) is 0. The second-order valence-electron chi connectivity index (χ2n) is 4.14. The number of ether oxygens (including phenoxy) is 1. The van der Waals surface area contributed by atoms with E-state index in [1.165, 1.54) is 0 Å². The van der Waals surface area contributed by atoms with Gasteiger partial charge in [-0.25, -0.2) is 0 Å². The lowest BCUT2D eigenvalue weighted by atomic mass is 9.99. The summed E-state index contributed by atoms with van der Waals surface area (Å²) in [5.74, 6) is 0.181. The summed E-state index contributed by atoms with van der Waals surface area (Å²) in [5, 5.41) is 12.2. The summed E-state index contributed by atoms with van der Waals surface area (Å²) < 4.78 is 5.22. The molecule has 0 saturated carbocycles. The van der Waals surface area contributed by atoms with Crippen LogP contribution in [0.1, 0.15) is 19.8 Å². The molecule has 1 aliphatic rings. The minimum atomic E-state index is 0.00958. The molecule has 1 rings (SSSR count). The van der Waals surface area contributed by atoms with Crippen molar-refractivity contribution in [3.63, 3.8) is 0 Å². The van der Waals surface area contributed by atoms with Crippen LogP contribution in [-0.4, -0.2) is 48.4 Å². The number of thioether (sulfide) groups is 1. The first-order valence-electron chi connectivity index (χ1n) is 5.70. The Labute approximate surface area is 101 Å². The van der Waals surface area contributed by atoms with Gasteiger partial charge in [0.1, 0.15) is 0 Å². The van der Waals surface area contributed by atoms with Crippen LogP contribution in [0.2, 0.25) is 0 Å². The van der Waals surface area contributed by atoms with Gasteiger partial charge in [0.25, 0.3) is 0 Å². The van der Waals surface area contributed by atoms with Crippen LogP contribution in [0.25, 0.3) is 0 Å². The molecule has 0 radical (unpaired) electrons. The Hall–Kier alpha value is -0.260. The van der Waals surface area contributed by atoms with E-state index in [4.69, 9.17) is 9.84 Å². The van der Waals surface area contributed by atoms with Crippen molar-refractivity contribution in [1.29, 1.82) is 0 Å². The molecule has 0 spiro atoms. The van der Waals surface area contributed by atoms with Crippen LogP contribution in [0.15, 0.2) is 0 Å². The van der Waals surface area contributed by atoms with Crippen molar-refractivity contribution in [3.05, 3.63) is 0 Å². The normalized spacial score (nSPS) is 21.4. The quantitative estimate of drug-likeness (QED) is 0.748. The third-order valence-electron chi connectivity index (χ3n) is 3.00. The van der Waals surface area contributed by atoms with Crippen molar-refractivity contribution in [2.45, 2.75) is 31.1 Å². The predicted octanol–water partition coefficient (Wildman–Crippen LogP) is 0.642. The fourth-order valence-corrected chi connectivity index (χ4v) is 2.46. The van der Waals surface area contributed by atoms with E-state index in [-0.39, 0.29) is 29.7 Å². The van der Waals surface area contributed by atoms with Crippen molar-refractivity contribution in [2.75, 3.05) is 26.1 Å². The molecular formula is C11H21NO3S. The molecule has 0 aromatic heterocycles. The molecule has 4 nitrogen and oxygen atoms in total. The number of hydrogen-bond donors (Lipinski definition) is 2. The molecule has 2 N–H and O–H groups in total. The molecule has 2 atom stereocenters. The average Bonchev–Trinajstić information content (AvgIpc) is 2.31. The molecule has 94 valence electrons. The number of carbonyl (C=O) groups is 1. The smallest absolute Gasteiger partial charge is 0.223 e. The Morgan fingerprint density at radius 1 is 1.56 bits per heavy atom. The standard InChI is InChI=1S/C11H21NO3S/c1-8(10(7-13)16-2)12-11(14)9-3-5-15-6-4-9/h8-10,13H,3-7H2,1-2H3,(H,12,14). The molecule has 0 aliphatic carbocycles. The van der Waals surface area contributed by atoms with Crippen molar-refractivity contribution in [3.8, 4) is 0 Å². The first-order chi connectivity index (χ1) is 7.69. The summed E-state index contributed by atoms with van der Waals surface area (Å²) in [6.07, 6.45) is 3.56. The highest BCUT2D eigenvalue weighted by molar-refractivity contribution is 7.99. The van der Waals surface area contributed by atoms with Gasteiger partial charge in [0.05, 0.1) is 6.61 Å². The Balaban J connectivity index is 2.37. The largest absolute Gasteiger partial charge is 0.395 e. The Kier molecular flexibility index (Phi) is 6.16. The molecule has 1 saturated heterocycles. The van der Waals surface area contributed by atoms with E-state index < -0.39 is 0 Å².